The molecule has 0 bridgehead atoms. The van der Waals surface area contributed by atoms with Crippen molar-refractivity contribution in [3.63, 3.8) is 0 Å². The topological polar surface area (TPSA) is 89.6 Å². The van der Waals surface area contributed by atoms with Gasteiger partial charge in [-0.1, -0.05) is 11.6 Å². The van der Waals surface area contributed by atoms with E-state index >= 15 is 0 Å². The van der Waals surface area contributed by atoms with E-state index in [1.54, 1.807) is 0 Å². The predicted molar refractivity (Wildman–Crippen MR) is 58.4 cm³/mol. The van der Waals surface area contributed by atoms with Crippen molar-refractivity contribution in [2.45, 2.75) is 6.42 Å². The molecular weight excluding hydrogens is 234 g/mol. The van der Waals surface area contributed by atoms with Gasteiger partial charge in [0.15, 0.2) is 0 Å². The summed E-state index contributed by atoms with van der Waals surface area (Å²) in [6, 6.07) is 4.36. The Bertz CT molecular complexity index is 419. The Hall–Kier alpha value is -1.75. The van der Waals surface area contributed by atoms with Gasteiger partial charge in [-0.15, -0.1) is 0 Å². The van der Waals surface area contributed by atoms with Crippen LogP contribution in [0, 0.1) is 0 Å². The molecule has 0 atom stereocenters. The first kappa shape index (κ1) is 12.3. The summed E-state index contributed by atoms with van der Waals surface area (Å²) in [6.45, 7) is -0.184. The molecule has 3 N–H and O–H groups in total. The van der Waals surface area contributed by atoms with Crippen LogP contribution in [0.3, 0.4) is 0 Å². The van der Waals surface area contributed by atoms with Crippen LogP contribution in [-0.4, -0.2) is 23.7 Å². The fourth-order valence-electron chi connectivity index (χ4n) is 1.03. The first-order valence-corrected chi connectivity index (χ1v) is 4.82. The van der Waals surface area contributed by atoms with Crippen molar-refractivity contribution in [3.8, 4) is 0 Å². The SMILES string of the molecule is Nc1cc(Cl)ccc1C(=O)OCCC(=O)O. The number of carboxylic acid groups (broad SMARTS) is 1. The number of carboxylic acids is 1. The van der Waals surface area contributed by atoms with Crippen LogP contribution in [0.4, 0.5) is 5.69 Å². The average Bonchev–Trinajstić information content (AvgIpc) is 2.16. The number of aliphatic carboxylic acids is 1. The second-order valence-electron chi connectivity index (χ2n) is 3.01. The van der Waals surface area contributed by atoms with E-state index < -0.39 is 11.9 Å². The summed E-state index contributed by atoms with van der Waals surface area (Å²) in [5.74, 6) is -1.69. The molecule has 6 heteroatoms. The molecule has 0 spiro atoms. The molecule has 86 valence electrons. The summed E-state index contributed by atoms with van der Waals surface area (Å²) in [5, 5.41) is 8.77. The Morgan fingerprint density at radius 2 is 2.12 bits per heavy atom. The zero-order valence-electron chi connectivity index (χ0n) is 8.27. The van der Waals surface area contributed by atoms with Gasteiger partial charge in [0.05, 0.1) is 12.0 Å². The van der Waals surface area contributed by atoms with Crippen molar-refractivity contribution < 1.29 is 19.4 Å². The Kier molecular flexibility index (Phi) is 4.13. The number of nitrogens with two attached hydrogens (primary N) is 1. The lowest BCUT2D eigenvalue weighted by molar-refractivity contribution is -0.137. The summed E-state index contributed by atoms with van der Waals surface area (Å²) in [7, 11) is 0. The van der Waals surface area contributed by atoms with E-state index in [0.29, 0.717) is 5.02 Å². The van der Waals surface area contributed by atoms with Crippen LogP contribution in [0.15, 0.2) is 18.2 Å². The lowest BCUT2D eigenvalue weighted by atomic mass is 10.2. The molecule has 1 aromatic carbocycles. The van der Waals surface area contributed by atoms with Crippen LogP contribution >= 0.6 is 11.6 Å². The highest BCUT2D eigenvalue weighted by atomic mass is 35.5. The fourth-order valence-corrected chi connectivity index (χ4v) is 1.21. The largest absolute Gasteiger partial charge is 0.481 e. The summed E-state index contributed by atoms with van der Waals surface area (Å²) in [6.07, 6.45) is -0.237. The van der Waals surface area contributed by atoms with Gasteiger partial charge in [-0.3, -0.25) is 4.79 Å². The molecule has 1 aromatic rings. The monoisotopic (exact) mass is 243 g/mol. The maximum Gasteiger partial charge on any atom is 0.340 e. The predicted octanol–water partition coefficient (Wildman–Crippen LogP) is 1.55. The Morgan fingerprint density at radius 3 is 2.69 bits per heavy atom. The summed E-state index contributed by atoms with van der Waals surface area (Å²) < 4.78 is 4.72. The number of halogens is 1. The normalized spacial score (nSPS) is 9.81. The van der Waals surface area contributed by atoms with Gasteiger partial charge in [0.1, 0.15) is 6.61 Å². The highest BCUT2D eigenvalue weighted by Crippen LogP contribution is 2.18. The average molecular weight is 244 g/mol. The summed E-state index contributed by atoms with van der Waals surface area (Å²) >= 11 is 5.66. The summed E-state index contributed by atoms with van der Waals surface area (Å²) in [4.78, 5) is 21.6. The zero-order valence-corrected chi connectivity index (χ0v) is 9.03. The molecule has 0 amide bonds. The van der Waals surface area contributed by atoms with Crippen molar-refractivity contribution in [2.75, 3.05) is 12.3 Å². The third kappa shape index (κ3) is 3.43. The van der Waals surface area contributed by atoms with Gasteiger partial charge in [0, 0.05) is 10.7 Å². The molecule has 0 aromatic heterocycles. The Balaban J connectivity index is 2.63. The van der Waals surface area contributed by atoms with Crippen LogP contribution < -0.4 is 5.73 Å². The van der Waals surface area contributed by atoms with Crippen LogP contribution in [0.1, 0.15) is 16.8 Å². The molecule has 1 rings (SSSR count). The van der Waals surface area contributed by atoms with Gasteiger partial charge in [-0.25, -0.2) is 4.79 Å². The molecule has 0 heterocycles. The van der Waals surface area contributed by atoms with E-state index in [4.69, 9.17) is 27.2 Å². The minimum atomic E-state index is -1.03. The van der Waals surface area contributed by atoms with Crippen molar-refractivity contribution in [1.29, 1.82) is 0 Å². The molecule has 0 aliphatic rings. The third-order valence-corrected chi connectivity index (χ3v) is 2.02. The molecule has 0 unspecified atom stereocenters. The van der Waals surface area contributed by atoms with Crippen molar-refractivity contribution in [1.82, 2.24) is 0 Å². The van der Waals surface area contributed by atoms with Gasteiger partial charge in [0.25, 0.3) is 0 Å². The van der Waals surface area contributed by atoms with Crippen molar-refractivity contribution in [2.24, 2.45) is 0 Å². The van der Waals surface area contributed by atoms with E-state index in [1.165, 1.54) is 18.2 Å². The first-order valence-electron chi connectivity index (χ1n) is 4.44. The molecular formula is C10H10ClNO4. The second kappa shape index (κ2) is 5.37. The minimum absolute atomic E-state index is 0.176. The Morgan fingerprint density at radius 1 is 1.44 bits per heavy atom. The number of nitrogen functional groups attached to an aromatic ring is 1. The maximum atomic E-state index is 11.4. The van der Waals surface area contributed by atoms with Gasteiger partial charge in [-0.05, 0) is 18.2 Å². The highest BCUT2D eigenvalue weighted by molar-refractivity contribution is 6.31. The molecule has 0 aliphatic carbocycles. The van der Waals surface area contributed by atoms with Crippen LogP contribution in [0.2, 0.25) is 5.02 Å². The van der Waals surface area contributed by atoms with Crippen molar-refractivity contribution >= 4 is 29.2 Å². The molecule has 0 fully saturated rings. The standard InChI is InChI=1S/C10H10ClNO4/c11-6-1-2-7(8(12)5-6)10(15)16-4-3-9(13)14/h1-2,5H,3-4,12H2,(H,13,14). The first-order chi connectivity index (χ1) is 7.50. The van der Waals surface area contributed by atoms with Gasteiger partial charge in [0.2, 0.25) is 0 Å². The molecule has 0 radical (unpaired) electrons. The molecule has 5 nitrogen and oxygen atoms in total. The van der Waals surface area contributed by atoms with E-state index in [0.717, 1.165) is 0 Å². The number of carbonyl (C=O) groups is 2. The van der Waals surface area contributed by atoms with Gasteiger partial charge >= 0.3 is 11.9 Å². The summed E-state index contributed by atoms with van der Waals surface area (Å²) in [5.41, 5.74) is 5.93. The van der Waals surface area contributed by atoms with E-state index in [2.05, 4.69) is 0 Å². The van der Waals surface area contributed by atoms with Crippen LogP contribution in [-0.2, 0) is 9.53 Å². The molecule has 0 aliphatic heterocycles. The number of esters is 1. The highest BCUT2D eigenvalue weighted by Gasteiger charge is 2.11. The lowest BCUT2D eigenvalue weighted by Crippen LogP contribution is -2.11. The molecule has 0 saturated carbocycles. The fraction of sp³-hybridized carbons (Fsp3) is 0.200. The number of carbonyl (C=O) groups excluding carboxylic acids is 1. The van der Waals surface area contributed by atoms with Crippen LogP contribution in [0.25, 0.3) is 0 Å². The number of anilines is 1. The number of benzene rings is 1. The van der Waals surface area contributed by atoms with Gasteiger partial charge in [-0.2, -0.15) is 0 Å². The van der Waals surface area contributed by atoms with Gasteiger partial charge < -0.3 is 15.6 Å². The smallest absolute Gasteiger partial charge is 0.340 e. The second-order valence-corrected chi connectivity index (χ2v) is 3.45. The number of ether oxygens (including phenoxy) is 1. The molecule has 0 saturated heterocycles. The zero-order chi connectivity index (χ0) is 12.1. The van der Waals surface area contributed by atoms with E-state index in [-0.39, 0.29) is 24.3 Å². The van der Waals surface area contributed by atoms with Crippen molar-refractivity contribution in [3.05, 3.63) is 28.8 Å². The number of hydrogen-bond acceptors (Lipinski definition) is 4. The molecule has 16 heavy (non-hydrogen) atoms. The number of rotatable bonds is 4. The van der Waals surface area contributed by atoms with E-state index in [9.17, 15) is 9.59 Å². The maximum absolute atomic E-state index is 11.4. The Labute approximate surface area is 96.8 Å². The van der Waals surface area contributed by atoms with E-state index in [1.807, 2.05) is 0 Å². The quantitative estimate of drug-likeness (QED) is 0.619. The van der Waals surface area contributed by atoms with Crippen LogP contribution in [0.5, 0.6) is 0 Å². The number of hydrogen-bond donors (Lipinski definition) is 2. The third-order valence-electron chi connectivity index (χ3n) is 1.78. The minimum Gasteiger partial charge on any atom is -0.481 e. The lowest BCUT2D eigenvalue weighted by Gasteiger charge is -2.05.